The van der Waals surface area contributed by atoms with Gasteiger partial charge in [-0.2, -0.15) is 19.9 Å². The number of halogens is 1. The summed E-state index contributed by atoms with van der Waals surface area (Å²) in [6.45, 7) is 5.87. The molecule has 5 aromatic rings. The van der Waals surface area contributed by atoms with Crippen LogP contribution in [-0.2, 0) is 9.59 Å². The van der Waals surface area contributed by atoms with Crippen LogP contribution in [0.4, 0.5) is 15.9 Å². The van der Waals surface area contributed by atoms with Crippen molar-refractivity contribution in [3.8, 4) is 11.6 Å². The molecule has 40 heavy (non-hydrogen) atoms. The third-order valence-corrected chi connectivity index (χ3v) is 7.15. The van der Waals surface area contributed by atoms with Gasteiger partial charge >= 0.3 is 0 Å². The quantitative estimate of drug-likeness (QED) is 0.352. The molecule has 11 nitrogen and oxygen atoms in total. The number of hydrogen-bond donors (Lipinski definition) is 2. The molecule has 1 saturated heterocycles. The lowest BCUT2D eigenvalue weighted by molar-refractivity contribution is -0.122. The third kappa shape index (κ3) is 4.32. The fourth-order valence-electron chi connectivity index (χ4n) is 4.88. The molecule has 2 N–H and O–H groups in total. The average Bonchev–Trinajstić information content (AvgIpc) is 3.63. The van der Waals surface area contributed by atoms with Crippen LogP contribution in [-0.4, -0.2) is 47.9 Å². The van der Waals surface area contributed by atoms with Gasteiger partial charge in [0.15, 0.2) is 5.65 Å². The number of benzene rings is 2. The first-order valence-electron chi connectivity index (χ1n) is 12.7. The SMILES string of the molecule is Cc1cc(NC(=O)C2CC(=O)N(c3ccc(F)cc3)C2)n(-c2nc3c(cnn3-c3cccc(C)c3C)c(=O)[nH]2)n1. The van der Waals surface area contributed by atoms with E-state index in [0.29, 0.717) is 22.4 Å². The van der Waals surface area contributed by atoms with E-state index < -0.39 is 17.3 Å². The zero-order valence-corrected chi connectivity index (χ0v) is 22.0. The van der Waals surface area contributed by atoms with Gasteiger partial charge in [0.05, 0.1) is 23.5 Å². The summed E-state index contributed by atoms with van der Waals surface area (Å²) in [4.78, 5) is 47.7. The molecule has 1 unspecified atom stereocenters. The molecular formula is C28H25FN8O3. The van der Waals surface area contributed by atoms with Crippen molar-refractivity contribution in [1.82, 2.24) is 29.5 Å². The molecule has 6 rings (SSSR count). The van der Waals surface area contributed by atoms with Crippen LogP contribution in [0.5, 0.6) is 0 Å². The number of carbonyl (C=O) groups excluding carboxylic acids is 2. The second-order valence-electron chi connectivity index (χ2n) is 9.86. The lowest BCUT2D eigenvalue weighted by atomic mass is 10.1. The van der Waals surface area contributed by atoms with Crippen LogP contribution in [0, 0.1) is 32.5 Å². The monoisotopic (exact) mass is 540 g/mol. The number of aryl methyl sites for hydroxylation is 2. The van der Waals surface area contributed by atoms with E-state index in [4.69, 9.17) is 0 Å². The number of nitrogens with one attached hydrogen (secondary N) is 2. The molecule has 3 aromatic heterocycles. The summed E-state index contributed by atoms with van der Waals surface area (Å²) in [5.41, 5.74) is 3.91. The molecule has 1 atom stereocenters. The van der Waals surface area contributed by atoms with E-state index >= 15 is 0 Å². The van der Waals surface area contributed by atoms with Gasteiger partial charge in [-0.1, -0.05) is 12.1 Å². The molecule has 2 amide bonds. The normalized spacial score (nSPS) is 15.2. The Labute approximate surface area is 227 Å². The molecule has 12 heteroatoms. The van der Waals surface area contributed by atoms with Gasteiger partial charge in [0.25, 0.3) is 5.56 Å². The van der Waals surface area contributed by atoms with Crippen molar-refractivity contribution in [2.75, 3.05) is 16.8 Å². The molecule has 202 valence electrons. The number of carbonyl (C=O) groups is 2. The van der Waals surface area contributed by atoms with Gasteiger partial charge in [-0.25, -0.2) is 9.07 Å². The molecule has 1 aliphatic heterocycles. The van der Waals surface area contributed by atoms with Crippen LogP contribution in [0.3, 0.4) is 0 Å². The van der Waals surface area contributed by atoms with E-state index in [-0.39, 0.29) is 36.5 Å². The summed E-state index contributed by atoms with van der Waals surface area (Å²) < 4.78 is 16.3. The van der Waals surface area contributed by atoms with Crippen LogP contribution >= 0.6 is 0 Å². The smallest absolute Gasteiger partial charge is 0.263 e. The maximum atomic E-state index is 13.3. The highest BCUT2D eigenvalue weighted by atomic mass is 19.1. The second kappa shape index (κ2) is 9.56. The van der Waals surface area contributed by atoms with E-state index in [9.17, 15) is 18.8 Å². The van der Waals surface area contributed by atoms with E-state index in [1.807, 2.05) is 32.0 Å². The van der Waals surface area contributed by atoms with Crippen molar-refractivity contribution in [3.05, 3.63) is 87.7 Å². The number of anilines is 2. The Hall–Kier alpha value is -5.13. The van der Waals surface area contributed by atoms with Crippen LogP contribution < -0.4 is 15.8 Å². The fraction of sp³-hybridized carbons (Fsp3) is 0.214. The molecule has 0 radical (unpaired) electrons. The number of aromatic nitrogens is 6. The Morgan fingerprint density at radius 2 is 1.85 bits per heavy atom. The molecule has 2 aromatic carbocycles. The summed E-state index contributed by atoms with van der Waals surface area (Å²) in [5, 5.41) is 12.0. The van der Waals surface area contributed by atoms with Crippen molar-refractivity contribution in [1.29, 1.82) is 0 Å². The molecule has 0 aliphatic carbocycles. The molecule has 1 aliphatic rings. The van der Waals surface area contributed by atoms with Gasteiger partial charge in [0.2, 0.25) is 17.8 Å². The van der Waals surface area contributed by atoms with Crippen molar-refractivity contribution < 1.29 is 14.0 Å². The number of nitrogens with zero attached hydrogens (tertiary/aromatic N) is 6. The maximum Gasteiger partial charge on any atom is 0.263 e. The van der Waals surface area contributed by atoms with E-state index in [0.717, 1.165) is 16.8 Å². The number of rotatable bonds is 5. The van der Waals surface area contributed by atoms with Gasteiger partial charge in [0, 0.05) is 24.7 Å². The molecule has 0 spiro atoms. The Bertz CT molecular complexity index is 1850. The van der Waals surface area contributed by atoms with Gasteiger partial charge in [-0.3, -0.25) is 19.4 Å². The average molecular weight is 541 g/mol. The third-order valence-electron chi connectivity index (χ3n) is 7.15. The Balaban J connectivity index is 1.31. The summed E-state index contributed by atoms with van der Waals surface area (Å²) in [6.07, 6.45) is 1.47. The van der Waals surface area contributed by atoms with Crippen molar-refractivity contribution >= 4 is 34.4 Å². The lowest BCUT2D eigenvalue weighted by Gasteiger charge is -2.16. The molecule has 0 saturated carbocycles. The predicted octanol–water partition coefficient (Wildman–Crippen LogP) is 3.35. The van der Waals surface area contributed by atoms with Gasteiger partial charge in [-0.15, -0.1) is 0 Å². The molecule has 4 heterocycles. The Kier molecular flexibility index (Phi) is 6.01. The minimum Gasteiger partial charge on any atom is -0.312 e. The second-order valence-corrected chi connectivity index (χ2v) is 9.86. The standard InChI is InChI=1S/C28H25FN8O3/c1-15-5-4-6-22(17(15)3)36-25-21(13-30-36)27(40)33-28(32-25)37-23(11-16(2)34-37)31-26(39)18-12-24(38)35(14-18)20-9-7-19(29)8-10-20/h4-11,13,18H,12,14H2,1-3H3,(H,31,39)(H,32,33,40). The largest absolute Gasteiger partial charge is 0.312 e. The van der Waals surface area contributed by atoms with Crippen LogP contribution in [0.25, 0.3) is 22.7 Å². The highest BCUT2D eigenvalue weighted by Gasteiger charge is 2.35. The minimum atomic E-state index is -0.638. The van der Waals surface area contributed by atoms with E-state index in [1.54, 1.807) is 17.7 Å². The Morgan fingerprint density at radius 3 is 2.62 bits per heavy atom. The minimum absolute atomic E-state index is 0.00635. The summed E-state index contributed by atoms with van der Waals surface area (Å²) in [6, 6.07) is 13.0. The zero-order chi connectivity index (χ0) is 28.1. The highest BCUT2D eigenvalue weighted by Crippen LogP contribution is 2.27. The maximum absolute atomic E-state index is 13.3. The van der Waals surface area contributed by atoms with Crippen LogP contribution in [0.2, 0.25) is 0 Å². The summed E-state index contributed by atoms with van der Waals surface area (Å²) >= 11 is 0. The number of H-pyrrole nitrogens is 1. The highest BCUT2D eigenvalue weighted by molar-refractivity contribution is 6.03. The Morgan fingerprint density at radius 1 is 1.07 bits per heavy atom. The molecular weight excluding hydrogens is 515 g/mol. The first-order chi connectivity index (χ1) is 19.2. The number of fused-ring (bicyclic) bond motifs is 1. The summed E-state index contributed by atoms with van der Waals surface area (Å²) in [7, 11) is 0. The van der Waals surface area contributed by atoms with E-state index in [2.05, 4.69) is 25.5 Å². The number of amides is 2. The van der Waals surface area contributed by atoms with E-state index in [1.165, 1.54) is 40.0 Å². The fourth-order valence-corrected chi connectivity index (χ4v) is 4.88. The summed E-state index contributed by atoms with van der Waals surface area (Å²) in [5.74, 6) is -1.27. The first-order valence-corrected chi connectivity index (χ1v) is 12.7. The van der Waals surface area contributed by atoms with Gasteiger partial charge in [0.1, 0.15) is 17.0 Å². The zero-order valence-electron chi connectivity index (χ0n) is 22.0. The first kappa shape index (κ1) is 25.2. The van der Waals surface area contributed by atoms with Gasteiger partial charge < -0.3 is 10.2 Å². The number of hydrogen-bond acceptors (Lipinski definition) is 6. The van der Waals surface area contributed by atoms with Crippen molar-refractivity contribution in [3.63, 3.8) is 0 Å². The molecule has 0 bridgehead atoms. The topological polar surface area (TPSA) is 131 Å². The lowest BCUT2D eigenvalue weighted by Crippen LogP contribution is -2.28. The number of aromatic amines is 1. The van der Waals surface area contributed by atoms with Crippen LogP contribution in [0.1, 0.15) is 23.2 Å². The van der Waals surface area contributed by atoms with Crippen molar-refractivity contribution in [2.45, 2.75) is 27.2 Å². The van der Waals surface area contributed by atoms with Crippen molar-refractivity contribution in [2.24, 2.45) is 5.92 Å². The van der Waals surface area contributed by atoms with Crippen LogP contribution in [0.15, 0.2) is 59.5 Å². The predicted molar refractivity (Wildman–Crippen MR) is 146 cm³/mol. The van der Waals surface area contributed by atoms with Gasteiger partial charge in [-0.05, 0) is 62.2 Å². The molecule has 1 fully saturated rings.